The molecule has 13 heteroatoms. The normalized spacial score (nSPS) is 23.2. The van der Waals surface area contributed by atoms with E-state index in [0.717, 1.165) is 22.0 Å². The fourth-order valence-electron chi connectivity index (χ4n) is 6.94. The number of aliphatic hydroxyl groups is 4. The first-order valence-electron chi connectivity index (χ1n) is 16.4. The summed E-state index contributed by atoms with van der Waals surface area (Å²) in [5.41, 5.74) is 0.967. The van der Waals surface area contributed by atoms with Crippen LogP contribution in [0.15, 0.2) is 72.9 Å². The lowest BCUT2D eigenvalue weighted by atomic mass is 9.87. The number of rotatable bonds is 11. The molecule has 0 saturated carbocycles. The van der Waals surface area contributed by atoms with Gasteiger partial charge in [0.05, 0.1) is 44.4 Å². The number of nitrogens with one attached hydrogen (secondary N) is 1. The van der Waals surface area contributed by atoms with Crippen molar-refractivity contribution >= 4 is 33.4 Å². The number of aliphatic hydroxyl groups excluding tert-OH is 3. The Balaban J connectivity index is 1.17. The average Bonchev–Trinajstić information content (AvgIpc) is 3.68. The summed E-state index contributed by atoms with van der Waals surface area (Å²) in [7, 11) is 1.42. The molecule has 4 aromatic carbocycles. The zero-order valence-electron chi connectivity index (χ0n) is 27.9. The van der Waals surface area contributed by atoms with Gasteiger partial charge in [0, 0.05) is 40.8 Å². The third kappa shape index (κ3) is 6.07. The number of phenols is 1. The number of carbonyl (C=O) groups excluding carboxylic acids is 2. The number of aryl methyl sites for hydroxylation is 1. The fourth-order valence-corrected chi connectivity index (χ4v) is 6.94. The van der Waals surface area contributed by atoms with Crippen LogP contribution in [-0.2, 0) is 22.6 Å². The Kier molecular flexibility index (Phi) is 9.18. The van der Waals surface area contributed by atoms with Gasteiger partial charge < -0.3 is 54.4 Å². The molecule has 51 heavy (non-hydrogen) atoms. The van der Waals surface area contributed by atoms with E-state index in [4.69, 9.17) is 18.9 Å². The molecule has 0 aliphatic carbocycles. The number of carbonyl (C=O) groups is 2. The number of fused-ring (bicyclic) bond motifs is 3. The number of para-hydroxylation sites is 1. The first-order chi connectivity index (χ1) is 24.5. The van der Waals surface area contributed by atoms with Gasteiger partial charge in [-0.25, -0.2) is 0 Å². The number of ether oxygens (including phenoxy) is 4. The maximum absolute atomic E-state index is 13.7. The quantitative estimate of drug-likeness (QED) is 0.111. The van der Waals surface area contributed by atoms with Gasteiger partial charge in [-0.15, -0.1) is 0 Å². The Labute approximate surface area is 292 Å². The highest BCUT2D eigenvalue weighted by Gasteiger charge is 2.56. The molecule has 2 aliphatic heterocycles. The summed E-state index contributed by atoms with van der Waals surface area (Å²) in [5.74, 6) is -1.07. The van der Waals surface area contributed by atoms with Crippen LogP contribution in [0.4, 0.5) is 0 Å². The minimum Gasteiger partial charge on any atom is -0.506 e. The van der Waals surface area contributed by atoms with Crippen molar-refractivity contribution in [2.45, 2.75) is 50.3 Å². The largest absolute Gasteiger partial charge is 0.506 e. The number of methoxy groups -OCH3 is 1. The number of Topliss-reactive ketones (excluding diaryl/α,β-unsaturated/α-hetero) is 1. The van der Waals surface area contributed by atoms with Gasteiger partial charge in [0.15, 0.2) is 11.4 Å². The van der Waals surface area contributed by atoms with Gasteiger partial charge in [0.1, 0.15) is 35.6 Å². The van der Waals surface area contributed by atoms with Gasteiger partial charge in [-0.1, -0.05) is 42.5 Å². The van der Waals surface area contributed by atoms with Crippen molar-refractivity contribution in [1.29, 1.82) is 0 Å². The Morgan fingerprint density at radius 3 is 2.63 bits per heavy atom. The highest BCUT2D eigenvalue weighted by molar-refractivity contribution is 6.10. The van der Waals surface area contributed by atoms with Crippen molar-refractivity contribution in [3.8, 4) is 17.2 Å². The van der Waals surface area contributed by atoms with Gasteiger partial charge >= 0.3 is 0 Å². The van der Waals surface area contributed by atoms with E-state index in [1.54, 1.807) is 37.4 Å². The molecule has 1 aromatic heterocycles. The number of amides is 1. The third-order valence-electron chi connectivity index (χ3n) is 9.72. The second-order valence-corrected chi connectivity index (χ2v) is 13.0. The van der Waals surface area contributed by atoms with Crippen LogP contribution in [0.5, 0.6) is 17.2 Å². The maximum atomic E-state index is 13.7. The molecule has 2 aliphatic rings. The summed E-state index contributed by atoms with van der Waals surface area (Å²) in [6.07, 6.45) is -4.81. The van der Waals surface area contributed by atoms with E-state index < -0.39 is 48.3 Å². The monoisotopic (exact) mass is 698 g/mol. The van der Waals surface area contributed by atoms with E-state index in [-0.39, 0.29) is 48.9 Å². The number of ketones is 1. The molecular weight excluding hydrogens is 660 g/mol. The highest BCUT2D eigenvalue weighted by Crippen LogP contribution is 2.43. The standard InChI is InChI=1S/C38H38N2O11/c1-20-11-22-12-24(48-2)13-29(32(22)34(44)31(20)28(42)16-40-15-21-7-3-4-9-26(21)36(40)46)50-37-38(47,19-41)35(45)33(43)30(51-37)18-49-17-23-14-39-27-10-6-5-8-25(23)27/h3-14,30,33,35,37,39,41,43-45,47H,15-19H2,1-2H3/t30-,33-,35+,37+,38-/m1/s1. The van der Waals surface area contributed by atoms with Gasteiger partial charge in [0.2, 0.25) is 6.29 Å². The minimum absolute atomic E-state index is 0.0396. The molecule has 1 fully saturated rings. The number of nitrogens with zero attached hydrogens (tertiary/aromatic N) is 1. The molecule has 7 rings (SSSR count). The van der Waals surface area contributed by atoms with E-state index in [0.29, 0.717) is 22.3 Å². The lowest BCUT2D eigenvalue weighted by molar-refractivity contribution is -0.329. The van der Waals surface area contributed by atoms with Gasteiger partial charge in [0.25, 0.3) is 5.91 Å². The van der Waals surface area contributed by atoms with E-state index in [2.05, 4.69) is 4.98 Å². The Bertz CT molecular complexity index is 2130. The molecule has 5 atom stereocenters. The first kappa shape index (κ1) is 34.4. The summed E-state index contributed by atoms with van der Waals surface area (Å²) in [4.78, 5) is 31.3. The number of phenolic OH excluding ortho intramolecular Hbond substituents is 1. The van der Waals surface area contributed by atoms with Crippen LogP contribution in [0.25, 0.3) is 21.7 Å². The number of aromatic amines is 1. The van der Waals surface area contributed by atoms with Crippen molar-refractivity contribution in [3.05, 3.63) is 101 Å². The van der Waals surface area contributed by atoms with Crippen LogP contribution < -0.4 is 9.47 Å². The van der Waals surface area contributed by atoms with Gasteiger partial charge in [-0.2, -0.15) is 0 Å². The number of H-pyrrole nitrogens is 1. The molecule has 266 valence electrons. The minimum atomic E-state index is -2.52. The highest BCUT2D eigenvalue weighted by atomic mass is 16.7. The van der Waals surface area contributed by atoms with Crippen molar-refractivity contribution in [2.75, 3.05) is 26.9 Å². The lowest BCUT2D eigenvalue weighted by Gasteiger charge is -2.47. The summed E-state index contributed by atoms with van der Waals surface area (Å²) < 4.78 is 23.4. The fraction of sp³-hybridized carbons (Fsp3) is 0.316. The molecule has 1 amide bonds. The van der Waals surface area contributed by atoms with E-state index in [1.807, 2.05) is 36.4 Å². The van der Waals surface area contributed by atoms with Crippen molar-refractivity contribution < 1.29 is 54.1 Å². The van der Waals surface area contributed by atoms with Crippen molar-refractivity contribution in [2.24, 2.45) is 0 Å². The van der Waals surface area contributed by atoms with Crippen LogP contribution in [-0.4, -0.2) is 104 Å². The van der Waals surface area contributed by atoms with Crippen LogP contribution >= 0.6 is 0 Å². The molecule has 3 heterocycles. The van der Waals surface area contributed by atoms with E-state index in [1.165, 1.54) is 18.1 Å². The molecule has 5 aromatic rings. The van der Waals surface area contributed by atoms with Gasteiger partial charge in [-0.05, 0) is 41.6 Å². The summed E-state index contributed by atoms with van der Waals surface area (Å²) >= 11 is 0. The molecule has 13 nitrogen and oxygen atoms in total. The molecule has 0 spiro atoms. The Morgan fingerprint density at radius 1 is 1.10 bits per heavy atom. The van der Waals surface area contributed by atoms with Crippen LogP contribution in [0.3, 0.4) is 0 Å². The predicted molar refractivity (Wildman–Crippen MR) is 184 cm³/mol. The second-order valence-electron chi connectivity index (χ2n) is 13.0. The number of benzene rings is 4. The van der Waals surface area contributed by atoms with Crippen LogP contribution in [0, 0.1) is 6.92 Å². The van der Waals surface area contributed by atoms with Crippen molar-refractivity contribution in [1.82, 2.24) is 9.88 Å². The van der Waals surface area contributed by atoms with E-state index >= 15 is 0 Å². The molecule has 0 bridgehead atoms. The lowest BCUT2D eigenvalue weighted by Crippen LogP contribution is -2.69. The molecule has 1 saturated heterocycles. The number of aromatic hydroxyl groups is 1. The number of hydrogen-bond donors (Lipinski definition) is 6. The maximum Gasteiger partial charge on any atom is 0.254 e. The molecule has 6 N–H and O–H groups in total. The summed E-state index contributed by atoms with van der Waals surface area (Å²) in [5, 5.41) is 56.8. The zero-order valence-corrected chi connectivity index (χ0v) is 27.9. The van der Waals surface area contributed by atoms with Gasteiger partial charge in [-0.3, -0.25) is 9.59 Å². The third-order valence-corrected chi connectivity index (χ3v) is 9.72. The second kappa shape index (κ2) is 13.6. The van der Waals surface area contributed by atoms with Crippen LogP contribution in [0.2, 0.25) is 0 Å². The number of aromatic nitrogens is 1. The van der Waals surface area contributed by atoms with Crippen molar-refractivity contribution in [3.63, 3.8) is 0 Å². The molecular formula is C38H38N2O11. The topological polar surface area (TPSA) is 191 Å². The smallest absolute Gasteiger partial charge is 0.254 e. The Hall–Kier alpha value is -5.02. The van der Waals surface area contributed by atoms with E-state index in [9.17, 15) is 35.1 Å². The summed E-state index contributed by atoms with van der Waals surface area (Å²) in [6, 6.07) is 19.4. The number of hydrogen-bond acceptors (Lipinski definition) is 11. The molecule has 0 unspecified atom stereocenters. The Morgan fingerprint density at radius 2 is 1.86 bits per heavy atom. The predicted octanol–water partition coefficient (Wildman–Crippen LogP) is 2.95. The van der Waals surface area contributed by atoms with Crippen LogP contribution in [0.1, 0.15) is 37.4 Å². The SMILES string of the molecule is COc1cc(O[C@H]2O[C@H](COCc3c[nH]c4ccccc34)[C@@H](O)[C@H](O)[C@]2(O)CO)c2c(O)c(C(=O)CN3Cc4ccccc4C3=O)c(C)cc2c1. The molecule has 0 radical (unpaired) electrons. The summed E-state index contributed by atoms with van der Waals surface area (Å²) in [6.45, 7) is 0.462. The first-order valence-corrected chi connectivity index (χ1v) is 16.4. The zero-order chi connectivity index (χ0) is 36.0. The average molecular weight is 699 g/mol.